The molecule has 2 N–H and O–H groups in total. The quantitative estimate of drug-likeness (QED) is 0.689. The number of aliphatic imine (C=N–C) groups is 1. The van der Waals surface area contributed by atoms with Gasteiger partial charge in [-0.1, -0.05) is 0 Å². The molecule has 4 heterocycles. The molecule has 0 aromatic carbocycles. The predicted molar refractivity (Wildman–Crippen MR) is 115 cm³/mol. The number of amidine groups is 1. The number of hydrogen-bond donors (Lipinski definition) is 2. The van der Waals surface area contributed by atoms with Gasteiger partial charge in [0, 0.05) is 38.3 Å². The van der Waals surface area contributed by atoms with Gasteiger partial charge in [0.25, 0.3) is 0 Å². The lowest BCUT2D eigenvalue weighted by molar-refractivity contribution is -0.176. The summed E-state index contributed by atoms with van der Waals surface area (Å²) in [6.07, 6.45) is -2.31. The summed E-state index contributed by atoms with van der Waals surface area (Å²) in [6, 6.07) is 3.19. The number of pyridine rings is 1. The highest BCUT2D eigenvalue weighted by atomic mass is 19.4. The molecule has 1 saturated heterocycles. The summed E-state index contributed by atoms with van der Waals surface area (Å²) < 4.78 is 39.7. The Morgan fingerprint density at radius 1 is 1.23 bits per heavy atom. The summed E-state index contributed by atoms with van der Waals surface area (Å²) in [5.74, 6) is 0.125. The van der Waals surface area contributed by atoms with Crippen molar-refractivity contribution < 1.29 is 18.0 Å². The van der Waals surface area contributed by atoms with Crippen LogP contribution in [0.2, 0.25) is 0 Å². The molecule has 2 amide bonds. The van der Waals surface area contributed by atoms with Gasteiger partial charge in [0.1, 0.15) is 11.7 Å². The number of anilines is 3. The molecule has 3 aliphatic heterocycles. The van der Waals surface area contributed by atoms with E-state index in [9.17, 15) is 18.0 Å². The molecule has 1 fully saturated rings. The summed E-state index contributed by atoms with van der Waals surface area (Å²) in [7, 11) is 0. The summed E-state index contributed by atoms with van der Waals surface area (Å²) in [6.45, 7) is 5.41. The monoisotopic (exact) mass is 436 g/mol. The molecule has 0 saturated carbocycles. The zero-order chi connectivity index (χ0) is 22.2. The Morgan fingerprint density at radius 3 is 2.74 bits per heavy atom. The highest BCUT2D eigenvalue weighted by molar-refractivity contribution is 6.07. The summed E-state index contributed by atoms with van der Waals surface area (Å²) in [5.41, 5.74) is 2.70. The number of nitrogens with one attached hydrogen (secondary N) is 2. The first-order valence-corrected chi connectivity index (χ1v) is 10.6. The molecule has 1 atom stereocenters. The van der Waals surface area contributed by atoms with E-state index in [1.165, 1.54) is 0 Å². The van der Waals surface area contributed by atoms with E-state index in [4.69, 9.17) is 0 Å². The molecular weight excluding hydrogens is 409 g/mol. The molecule has 3 aliphatic rings. The van der Waals surface area contributed by atoms with Gasteiger partial charge in [0.05, 0.1) is 11.6 Å². The average molecular weight is 436 g/mol. The lowest BCUT2D eigenvalue weighted by Gasteiger charge is -2.35. The Balaban J connectivity index is 1.56. The molecule has 31 heavy (non-hydrogen) atoms. The van der Waals surface area contributed by atoms with Crippen LogP contribution < -0.4 is 20.4 Å². The molecule has 0 bridgehead atoms. The lowest BCUT2D eigenvalue weighted by atomic mass is 9.97. The molecule has 0 spiro atoms. The fourth-order valence-electron chi connectivity index (χ4n) is 4.15. The van der Waals surface area contributed by atoms with E-state index in [0.717, 1.165) is 17.7 Å². The van der Waals surface area contributed by atoms with E-state index in [0.29, 0.717) is 55.6 Å². The van der Waals surface area contributed by atoms with Gasteiger partial charge in [0.2, 0.25) is 0 Å². The zero-order valence-electron chi connectivity index (χ0n) is 17.7. The number of carbonyl (C=O) groups excluding carboxylic acids is 1. The van der Waals surface area contributed by atoms with Gasteiger partial charge in [-0.15, -0.1) is 0 Å². The van der Waals surface area contributed by atoms with Crippen LogP contribution in [0.5, 0.6) is 0 Å². The predicted octanol–water partition coefficient (Wildman–Crippen LogP) is 4.29. The molecule has 1 unspecified atom stereocenters. The number of urea groups is 1. The third kappa shape index (κ3) is 4.62. The van der Waals surface area contributed by atoms with E-state index in [1.54, 1.807) is 21.9 Å². The van der Waals surface area contributed by atoms with Gasteiger partial charge >= 0.3 is 12.2 Å². The standard InChI is InChI=1S/C21H27F3N6O/c1-13-11-17(26-14(13)2)27-20(31)30-10-4-8-25-16-6-7-18(28-19(16)30)29-9-3-5-15(12-29)21(22,23)24/h6-7,15,25H,3-5,8-12H2,1-2H3,(H,26,27,31). The lowest BCUT2D eigenvalue weighted by Crippen LogP contribution is -2.44. The van der Waals surface area contributed by atoms with E-state index in [-0.39, 0.29) is 19.0 Å². The van der Waals surface area contributed by atoms with Gasteiger partial charge in [-0.25, -0.2) is 14.8 Å². The number of halogens is 3. The third-order valence-electron chi connectivity index (χ3n) is 6.05. The van der Waals surface area contributed by atoms with Crippen LogP contribution in [0, 0.1) is 5.92 Å². The van der Waals surface area contributed by atoms with Crippen molar-refractivity contribution in [3.05, 3.63) is 23.4 Å². The normalized spacial score (nSPS) is 22.0. The van der Waals surface area contributed by atoms with Crippen LogP contribution >= 0.6 is 0 Å². The van der Waals surface area contributed by atoms with Gasteiger partial charge < -0.3 is 10.2 Å². The first-order chi connectivity index (χ1) is 14.7. The van der Waals surface area contributed by atoms with Crippen molar-refractivity contribution >= 4 is 29.2 Å². The molecule has 0 radical (unpaired) electrons. The highest BCUT2D eigenvalue weighted by Crippen LogP contribution is 2.36. The summed E-state index contributed by atoms with van der Waals surface area (Å²) in [4.78, 5) is 25.3. The van der Waals surface area contributed by atoms with Crippen molar-refractivity contribution in [2.75, 3.05) is 41.3 Å². The minimum Gasteiger partial charge on any atom is -0.382 e. The van der Waals surface area contributed by atoms with E-state index < -0.39 is 12.1 Å². The number of carbonyl (C=O) groups is 1. The number of aromatic nitrogens is 1. The Bertz CT molecular complexity index is 926. The Morgan fingerprint density at radius 2 is 2.03 bits per heavy atom. The number of alkyl halides is 3. The first-order valence-electron chi connectivity index (χ1n) is 10.6. The second-order valence-corrected chi connectivity index (χ2v) is 8.33. The smallest absolute Gasteiger partial charge is 0.382 e. The Hall–Kier alpha value is -2.78. The largest absolute Gasteiger partial charge is 0.393 e. The minimum atomic E-state index is -4.22. The van der Waals surface area contributed by atoms with Crippen molar-refractivity contribution in [3.8, 4) is 0 Å². The maximum absolute atomic E-state index is 13.2. The van der Waals surface area contributed by atoms with E-state index >= 15 is 0 Å². The topological polar surface area (TPSA) is 72.9 Å². The van der Waals surface area contributed by atoms with Crippen molar-refractivity contribution in [1.82, 2.24) is 10.3 Å². The van der Waals surface area contributed by atoms with Crippen LogP contribution in [0.25, 0.3) is 0 Å². The number of piperidine rings is 1. The number of hydrogen-bond acceptors (Lipinski definition) is 5. The van der Waals surface area contributed by atoms with Gasteiger partial charge in [0.15, 0.2) is 5.82 Å². The third-order valence-corrected chi connectivity index (χ3v) is 6.05. The molecule has 4 rings (SSSR count). The number of allylic oxidation sites excluding steroid dienone is 1. The number of amides is 2. The maximum Gasteiger partial charge on any atom is 0.393 e. The zero-order valence-corrected chi connectivity index (χ0v) is 17.7. The van der Waals surface area contributed by atoms with Crippen LogP contribution in [0.4, 0.5) is 35.3 Å². The van der Waals surface area contributed by atoms with Crippen LogP contribution in [0.15, 0.2) is 28.4 Å². The molecule has 1 aromatic heterocycles. The summed E-state index contributed by atoms with van der Waals surface area (Å²) >= 11 is 0. The van der Waals surface area contributed by atoms with Gasteiger partial charge in [-0.2, -0.15) is 13.2 Å². The maximum atomic E-state index is 13.2. The van der Waals surface area contributed by atoms with Crippen molar-refractivity contribution in [2.24, 2.45) is 10.9 Å². The molecular formula is C21H27F3N6O. The molecule has 10 heteroatoms. The number of rotatable bonds is 1. The molecule has 7 nitrogen and oxygen atoms in total. The summed E-state index contributed by atoms with van der Waals surface area (Å²) in [5, 5.41) is 6.13. The fraction of sp³-hybridized carbons (Fsp3) is 0.571. The van der Waals surface area contributed by atoms with E-state index in [1.807, 2.05) is 13.8 Å². The van der Waals surface area contributed by atoms with Gasteiger partial charge in [-0.05, 0) is 50.8 Å². The van der Waals surface area contributed by atoms with Crippen LogP contribution in [-0.2, 0) is 0 Å². The second-order valence-electron chi connectivity index (χ2n) is 8.33. The minimum absolute atomic E-state index is 0.115. The molecule has 168 valence electrons. The number of nitrogens with zero attached hydrogens (tertiary/aromatic N) is 4. The van der Waals surface area contributed by atoms with Crippen molar-refractivity contribution in [1.29, 1.82) is 0 Å². The first kappa shape index (κ1) is 21.5. The Kier molecular flexibility index (Phi) is 5.81. The highest BCUT2D eigenvalue weighted by Gasteiger charge is 2.42. The van der Waals surface area contributed by atoms with Crippen molar-refractivity contribution in [3.63, 3.8) is 0 Å². The number of fused-ring (bicyclic) bond motifs is 1. The van der Waals surface area contributed by atoms with Crippen LogP contribution in [0.1, 0.15) is 39.5 Å². The SMILES string of the molecule is CC1=C(C)N=C(NC(=O)N2CCCNc3ccc(N4CCCC(C(F)(F)F)C4)nc32)C1. The second kappa shape index (κ2) is 8.39. The van der Waals surface area contributed by atoms with Crippen LogP contribution in [0.3, 0.4) is 0 Å². The van der Waals surface area contributed by atoms with E-state index in [2.05, 4.69) is 20.6 Å². The van der Waals surface area contributed by atoms with Crippen LogP contribution in [-0.4, -0.2) is 49.2 Å². The average Bonchev–Trinajstić information content (AvgIpc) is 2.92. The van der Waals surface area contributed by atoms with Crippen molar-refractivity contribution in [2.45, 2.75) is 45.7 Å². The molecule has 0 aliphatic carbocycles. The van der Waals surface area contributed by atoms with Gasteiger partial charge in [-0.3, -0.25) is 10.2 Å². The fourth-order valence-corrected chi connectivity index (χ4v) is 4.15. The Labute approximate surface area is 179 Å². The molecule has 1 aromatic rings.